The van der Waals surface area contributed by atoms with Crippen LogP contribution in [0.4, 0.5) is 14.5 Å². The molecule has 0 saturated heterocycles. The Balaban J connectivity index is 3.18. The smallest absolute Gasteiger partial charge is 0.385 e. The topological polar surface area (TPSA) is 58.6 Å². The number of rotatable bonds is 7. The first-order valence-corrected chi connectivity index (χ1v) is 8.06. The summed E-state index contributed by atoms with van der Waals surface area (Å²) in [6, 6.07) is 5.54. The van der Waals surface area contributed by atoms with E-state index in [1.807, 2.05) is 0 Å². The van der Waals surface area contributed by atoms with Gasteiger partial charge in [-0.15, -0.1) is 0 Å². The molecule has 0 bridgehead atoms. The van der Waals surface area contributed by atoms with Crippen molar-refractivity contribution in [1.29, 1.82) is 0 Å². The Bertz CT molecular complexity index is 496. The summed E-state index contributed by atoms with van der Waals surface area (Å²) in [5, 5.41) is 2.75. The minimum Gasteiger partial charge on any atom is -0.385 e. The molecule has 2 N–H and O–H groups in total. The molecule has 0 heterocycles. The first kappa shape index (κ1) is 17.1. The van der Waals surface area contributed by atoms with Crippen LogP contribution in [0.25, 0.3) is 0 Å². The van der Waals surface area contributed by atoms with Gasteiger partial charge in [-0.05, 0) is 26.3 Å². The van der Waals surface area contributed by atoms with Crippen molar-refractivity contribution in [3.8, 4) is 0 Å². The van der Waals surface area contributed by atoms with Gasteiger partial charge in [-0.25, -0.2) is 0 Å². The van der Waals surface area contributed by atoms with Gasteiger partial charge in [-0.2, -0.15) is 8.78 Å². The largest absolute Gasteiger partial charge is 0.402 e. The molecule has 7 heteroatoms. The van der Waals surface area contributed by atoms with Gasteiger partial charge in [-0.1, -0.05) is 25.1 Å². The second-order valence-corrected chi connectivity index (χ2v) is 6.28. The zero-order chi connectivity index (χ0) is 15.4. The van der Waals surface area contributed by atoms with Gasteiger partial charge in [0, 0.05) is 12.2 Å². The molecule has 0 aromatic heterocycles. The number of anilines is 1. The van der Waals surface area contributed by atoms with Crippen LogP contribution >= 0.6 is 7.60 Å². The quantitative estimate of drug-likeness (QED) is 0.742. The molecular weight excluding hydrogens is 287 g/mol. The average molecular weight is 307 g/mol. The van der Waals surface area contributed by atoms with E-state index in [0.29, 0.717) is 13.0 Å². The SMILES string of the molecule is CCNc1ccccc1C(F)(F)P(=O)(O)OC(C)CC. The molecule has 2 unspecified atom stereocenters. The van der Waals surface area contributed by atoms with Gasteiger partial charge in [0.05, 0.1) is 11.7 Å². The van der Waals surface area contributed by atoms with E-state index >= 15 is 0 Å². The summed E-state index contributed by atoms with van der Waals surface area (Å²) in [6.07, 6.45) is -0.349. The minimum atomic E-state index is -5.11. The van der Waals surface area contributed by atoms with Gasteiger partial charge < -0.3 is 14.7 Å². The van der Waals surface area contributed by atoms with Crippen LogP contribution in [0.15, 0.2) is 24.3 Å². The Morgan fingerprint density at radius 3 is 2.55 bits per heavy atom. The van der Waals surface area contributed by atoms with Crippen LogP contribution in [-0.4, -0.2) is 17.5 Å². The predicted molar refractivity (Wildman–Crippen MR) is 75.2 cm³/mol. The van der Waals surface area contributed by atoms with Gasteiger partial charge in [0.1, 0.15) is 0 Å². The average Bonchev–Trinajstić information content (AvgIpc) is 2.38. The predicted octanol–water partition coefficient (Wildman–Crippen LogP) is 4.17. The van der Waals surface area contributed by atoms with Crippen molar-refractivity contribution in [2.24, 2.45) is 0 Å². The molecule has 1 aromatic carbocycles. The molecule has 0 saturated carbocycles. The fourth-order valence-electron chi connectivity index (χ4n) is 1.63. The molecular formula is C13H20F2NO3P. The third kappa shape index (κ3) is 3.57. The lowest BCUT2D eigenvalue weighted by atomic mass is 10.2. The molecule has 20 heavy (non-hydrogen) atoms. The van der Waals surface area contributed by atoms with Crippen LogP contribution in [-0.2, 0) is 14.8 Å². The Kier molecular flexibility index (Phi) is 5.68. The molecule has 1 rings (SSSR count). The second-order valence-electron chi connectivity index (χ2n) is 4.46. The number of hydrogen-bond donors (Lipinski definition) is 2. The molecule has 0 aliphatic heterocycles. The number of para-hydroxylation sites is 1. The molecule has 4 nitrogen and oxygen atoms in total. The molecule has 0 amide bonds. The van der Waals surface area contributed by atoms with E-state index in [-0.39, 0.29) is 5.69 Å². The third-order valence-electron chi connectivity index (χ3n) is 2.87. The van der Waals surface area contributed by atoms with Crippen molar-refractivity contribution >= 4 is 13.3 Å². The van der Waals surface area contributed by atoms with Crippen molar-refractivity contribution in [3.05, 3.63) is 29.8 Å². The van der Waals surface area contributed by atoms with Gasteiger partial charge in [0.2, 0.25) is 0 Å². The molecule has 0 radical (unpaired) electrons. The number of nitrogens with one attached hydrogen (secondary N) is 1. The van der Waals surface area contributed by atoms with E-state index in [0.717, 1.165) is 6.07 Å². The number of alkyl halides is 2. The molecule has 1 aromatic rings. The maximum Gasteiger partial charge on any atom is 0.402 e. The standard InChI is InChI=1S/C13H20F2NO3P/c1-4-10(3)19-20(17,18)13(14,15)11-8-6-7-9-12(11)16-5-2/h6-10,16H,4-5H2,1-3H3,(H,17,18). The molecule has 2 atom stereocenters. The Morgan fingerprint density at radius 1 is 1.40 bits per heavy atom. The van der Waals surface area contributed by atoms with Crippen LogP contribution in [0.3, 0.4) is 0 Å². The summed E-state index contributed by atoms with van der Waals surface area (Å²) in [5.74, 6) is 0. The fraction of sp³-hybridized carbons (Fsp3) is 0.538. The van der Waals surface area contributed by atoms with Gasteiger partial charge in [0.25, 0.3) is 0 Å². The van der Waals surface area contributed by atoms with Crippen molar-refractivity contribution < 1.29 is 22.8 Å². The summed E-state index contributed by atoms with van der Waals surface area (Å²) < 4.78 is 45.3. The molecule has 0 aliphatic carbocycles. The van der Waals surface area contributed by atoms with Crippen LogP contribution < -0.4 is 5.32 Å². The number of halogens is 2. The highest BCUT2D eigenvalue weighted by Gasteiger charge is 2.54. The van der Waals surface area contributed by atoms with E-state index < -0.39 is 24.9 Å². The van der Waals surface area contributed by atoms with Crippen LogP contribution in [0, 0.1) is 0 Å². The Labute approximate surface area is 117 Å². The van der Waals surface area contributed by atoms with Crippen LogP contribution in [0.2, 0.25) is 0 Å². The second kappa shape index (κ2) is 6.66. The molecule has 0 aliphatic rings. The van der Waals surface area contributed by atoms with E-state index in [9.17, 15) is 18.2 Å². The summed E-state index contributed by atoms with van der Waals surface area (Å²) in [6.45, 7) is 5.35. The van der Waals surface area contributed by atoms with E-state index in [1.165, 1.54) is 19.1 Å². The fourth-order valence-corrected chi connectivity index (χ4v) is 2.90. The van der Waals surface area contributed by atoms with E-state index in [4.69, 9.17) is 0 Å². The zero-order valence-corrected chi connectivity index (χ0v) is 12.7. The van der Waals surface area contributed by atoms with Crippen molar-refractivity contribution in [3.63, 3.8) is 0 Å². The monoisotopic (exact) mass is 307 g/mol. The lowest BCUT2D eigenvalue weighted by Crippen LogP contribution is -2.20. The minimum absolute atomic E-state index is 0.127. The summed E-state index contributed by atoms with van der Waals surface area (Å²) in [5.41, 5.74) is -4.37. The maximum absolute atomic E-state index is 14.3. The Hall–Kier alpha value is -0.970. The maximum atomic E-state index is 14.3. The van der Waals surface area contributed by atoms with Crippen LogP contribution in [0.5, 0.6) is 0 Å². The van der Waals surface area contributed by atoms with Gasteiger partial charge in [0.15, 0.2) is 0 Å². The van der Waals surface area contributed by atoms with Crippen LogP contribution in [0.1, 0.15) is 32.8 Å². The summed E-state index contributed by atoms with van der Waals surface area (Å²) in [4.78, 5) is 9.65. The van der Waals surface area contributed by atoms with Crippen molar-refractivity contribution in [2.75, 3.05) is 11.9 Å². The van der Waals surface area contributed by atoms with Crippen molar-refractivity contribution in [2.45, 2.75) is 39.0 Å². The van der Waals surface area contributed by atoms with Gasteiger partial charge in [-0.3, -0.25) is 4.57 Å². The van der Waals surface area contributed by atoms with E-state index in [2.05, 4.69) is 9.84 Å². The lowest BCUT2D eigenvalue weighted by molar-refractivity contribution is 0.0352. The number of benzene rings is 1. The first-order chi connectivity index (χ1) is 9.26. The van der Waals surface area contributed by atoms with E-state index in [1.54, 1.807) is 19.9 Å². The highest BCUT2D eigenvalue weighted by Crippen LogP contribution is 2.64. The third-order valence-corrected chi connectivity index (χ3v) is 4.47. The Morgan fingerprint density at radius 2 is 2.00 bits per heavy atom. The summed E-state index contributed by atoms with van der Waals surface area (Å²) in [7, 11) is -5.11. The van der Waals surface area contributed by atoms with Gasteiger partial charge >= 0.3 is 13.3 Å². The van der Waals surface area contributed by atoms with Crippen molar-refractivity contribution in [1.82, 2.24) is 0 Å². The molecule has 114 valence electrons. The zero-order valence-electron chi connectivity index (χ0n) is 11.8. The number of hydrogen-bond acceptors (Lipinski definition) is 3. The molecule has 0 spiro atoms. The lowest BCUT2D eigenvalue weighted by Gasteiger charge is -2.26. The highest BCUT2D eigenvalue weighted by atomic mass is 31.2. The summed E-state index contributed by atoms with van der Waals surface area (Å²) >= 11 is 0. The highest BCUT2D eigenvalue weighted by molar-refractivity contribution is 7.53. The first-order valence-electron chi connectivity index (χ1n) is 6.48. The normalized spacial score (nSPS) is 16.5. The molecule has 0 fully saturated rings.